The van der Waals surface area contributed by atoms with E-state index >= 15 is 0 Å². The standard InChI is InChI=1S/C16H31N/c1-2-17-16(13-14-9-8-10-14)15-11-6-4-3-5-7-12-15/h14-17H,2-13H2,1H3. The molecule has 2 saturated carbocycles. The van der Waals surface area contributed by atoms with Crippen LogP contribution in [0.4, 0.5) is 0 Å². The molecule has 1 unspecified atom stereocenters. The van der Waals surface area contributed by atoms with E-state index in [4.69, 9.17) is 0 Å². The zero-order chi connectivity index (χ0) is 11.9. The highest BCUT2D eigenvalue weighted by atomic mass is 14.9. The molecule has 1 heteroatoms. The van der Waals surface area contributed by atoms with Crippen molar-refractivity contribution < 1.29 is 0 Å². The third kappa shape index (κ3) is 4.28. The van der Waals surface area contributed by atoms with Crippen LogP contribution in [0.3, 0.4) is 0 Å². The Hall–Kier alpha value is -0.0400. The number of hydrogen-bond acceptors (Lipinski definition) is 1. The maximum atomic E-state index is 3.80. The van der Waals surface area contributed by atoms with Crippen LogP contribution in [0.5, 0.6) is 0 Å². The van der Waals surface area contributed by atoms with Crippen LogP contribution in [0.1, 0.15) is 77.6 Å². The molecule has 0 bridgehead atoms. The van der Waals surface area contributed by atoms with E-state index in [1.165, 1.54) is 70.6 Å². The summed E-state index contributed by atoms with van der Waals surface area (Å²) in [5.74, 6) is 2.04. The maximum absolute atomic E-state index is 3.80. The van der Waals surface area contributed by atoms with Crippen LogP contribution in [0.25, 0.3) is 0 Å². The molecule has 0 heterocycles. The van der Waals surface area contributed by atoms with E-state index in [0.717, 1.165) is 24.4 Å². The molecule has 0 spiro atoms. The second-order valence-electron chi connectivity index (χ2n) is 6.30. The van der Waals surface area contributed by atoms with Gasteiger partial charge in [0, 0.05) is 6.04 Å². The first-order valence-electron chi connectivity index (χ1n) is 8.13. The Bertz CT molecular complexity index is 190. The second kappa shape index (κ2) is 7.41. The summed E-state index contributed by atoms with van der Waals surface area (Å²) in [5, 5.41) is 3.80. The van der Waals surface area contributed by atoms with Crippen LogP contribution in [0.2, 0.25) is 0 Å². The summed E-state index contributed by atoms with van der Waals surface area (Å²) in [5.41, 5.74) is 0. The van der Waals surface area contributed by atoms with Crippen LogP contribution in [-0.2, 0) is 0 Å². The zero-order valence-corrected chi connectivity index (χ0v) is 11.7. The molecule has 0 radical (unpaired) electrons. The highest BCUT2D eigenvalue weighted by Crippen LogP contribution is 2.34. The molecule has 1 N–H and O–H groups in total. The maximum Gasteiger partial charge on any atom is 0.00978 e. The Morgan fingerprint density at radius 3 is 2.06 bits per heavy atom. The minimum Gasteiger partial charge on any atom is -0.314 e. The Morgan fingerprint density at radius 2 is 1.53 bits per heavy atom. The summed E-state index contributed by atoms with van der Waals surface area (Å²) in [4.78, 5) is 0. The van der Waals surface area contributed by atoms with Gasteiger partial charge < -0.3 is 5.32 Å². The second-order valence-corrected chi connectivity index (χ2v) is 6.30. The van der Waals surface area contributed by atoms with Gasteiger partial charge in [-0.2, -0.15) is 0 Å². The van der Waals surface area contributed by atoms with Crippen molar-refractivity contribution in [3.05, 3.63) is 0 Å². The highest BCUT2D eigenvalue weighted by Gasteiger charge is 2.27. The molecule has 0 aromatic heterocycles. The average Bonchev–Trinajstić information content (AvgIpc) is 2.22. The van der Waals surface area contributed by atoms with Gasteiger partial charge in [0.2, 0.25) is 0 Å². The minimum atomic E-state index is 0.836. The van der Waals surface area contributed by atoms with Gasteiger partial charge in [0.25, 0.3) is 0 Å². The first kappa shape index (κ1) is 13.4. The Kier molecular flexibility index (Phi) is 5.84. The van der Waals surface area contributed by atoms with Crippen molar-refractivity contribution in [3.8, 4) is 0 Å². The van der Waals surface area contributed by atoms with Gasteiger partial charge in [-0.1, -0.05) is 58.3 Å². The van der Waals surface area contributed by atoms with Gasteiger partial charge in [-0.15, -0.1) is 0 Å². The molecule has 2 rings (SSSR count). The van der Waals surface area contributed by atoms with Crippen molar-refractivity contribution in [1.29, 1.82) is 0 Å². The summed E-state index contributed by atoms with van der Waals surface area (Å²) in [7, 11) is 0. The van der Waals surface area contributed by atoms with Gasteiger partial charge in [-0.25, -0.2) is 0 Å². The highest BCUT2D eigenvalue weighted by molar-refractivity contribution is 4.83. The van der Waals surface area contributed by atoms with Crippen molar-refractivity contribution >= 4 is 0 Å². The third-order valence-electron chi connectivity index (χ3n) is 5.00. The molecule has 0 aromatic rings. The molecular weight excluding hydrogens is 206 g/mol. The Labute approximate surface area is 108 Å². The molecule has 1 atom stereocenters. The van der Waals surface area contributed by atoms with Gasteiger partial charge in [-0.3, -0.25) is 0 Å². The molecule has 2 aliphatic carbocycles. The Balaban J connectivity index is 1.82. The molecule has 100 valence electrons. The summed E-state index contributed by atoms with van der Waals surface area (Å²) in [6.45, 7) is 3.44. The average molecular weight is 237 g/mol. The van der Waals surface area contributed by atoms with Gasteiger partial charge >= 0.3 is 0 Å². The Morgan fingerprint density at radius 1 is 0.882 bits per heavy atom. The van der Waals surface area contributed by atoms with Crippen LogP contribution in [0.15, 0.2) is 0 Å². The summed E-state index contributed by atoms with van der Waals surface area (Å²) < 4.78 is 0. The molecule has 2 aliphatic rings. The number of nitrogens with one attached hydrogen (secondary N) is 1. The van der Waals surface area contributed by atoms with Gasteiger partial charge in [-0.05, 0) is 37.6 Å². The van der Waals surface area contributed by atoms with E-state index in [-0.39, 0.29) is 0 Å². The molecule has 17 heavy (non-hydrogen) atoms. The topological polar surface area (TPSA) is 12.0 Å². The normalized spacial score (nSPS) is 25.9. The smallest absolute Gasteiger partial charge is 0.00978 e. The molecule has 0 aliphatic heterocycles. The summed E-state index contributed by atoms with van der Waals surface area (Å²) in [6.07, 6.45) is 16.4. The van der Waals surface area contributed by atoms with Crippen LogP contribution >= 0.6 is 0 Å². The fourth-order valence-corrected chi connectivity index (χ4v) is 3.68. The van der Waals surface area contributed by atoms with E-state index < -0.39 is 0 Å². The fourth-order valence-electron chi connectivity index (χ4n) is 3.68. The van der Waals surface area contributed by atoms with E-state index in [9.17, 15) is 0 Å². The van der Waals surface area contributed by atoms with Crippen molar-refractivity contribution in [2.45, 2.75) is 83.6 Å². The molecule has 2 fully saturated rings. The predicted octanol–water partition coefficient (Wildman–Crippen LogP) is 4.52. The SMILES string of the molecule is CCNC(CC1CCC1)C1CCCCCCC1. The molecule has 0 saturated heterocycles. The molecule has 1 nitrogen and oxygen atoms in total. The lowest BCUT2D eigenvalue weighted by Gasteiger charge is -2.35. The van der Waals surface area contributed by atoms with Crippen molar-refractivity contribution in [2.75, 3.05) is 6.54 Å². The quantitative estimate of drug-likeness (QED) is 0.741. The van der Waals surface area contributed by atoms with Gasteiger partial charge in [0.05, 0.1) is 0 Å². The van der Waals surface area contributed by atoms with Crippen molar-refractivity contribution in [2.24, 2.45) is 11.8 Å². The van der Waals surface area contributed by atoms with Gasteiger partial charge in [0.15, 0.2) is 0 Å². The monoisotopic (exact) mass is 237 g/mol. The summed E-state index contributed by atoms with van der Waals surface area (Å²) >= 11 is 0. The predicted molar refractivity (Wildman–Crippen MR) is 75.2 cm³/mol. The van der Waals surface area contributed by atoms with Gasteiger partial charge in [0.1, 0.15) is 0 Å². The van der Waals surface area contributed by atoms with E-state index in [1.807, 2.05) is 0 Å². The largest absolute Gasteiger partial charge is 0.314 e. The lowest BCUT2D eigenvalue weighted by Crippen LogP contribution is -2.39. The number of hydrogen-bond donors (Lipinski definition) is 1. The first-order chi connectivity index (χ1) is 8.40. The lowest BCUT2D eigenvalue weighted by molar-refractivity contribution is 0.202. The van der Waals surface area contributed by atoms with E-state index in [0.29, 0.717) is 0 Å². The first-order valence-corrected chi connectivity index (χ1v) is 8.13. The van der Waals surface area contributed by atoms with E-state index in [2.05, 4.69) is 12.2 Å². The fraction of sp³-hybridized carbons (Fsp3) is 1.00. The lowest BCUT2D eigenvalue weighted by atomic mass is 9.76. The summed E-state index contributed by atoms with van der Waals surface area (Å²) in [6, 6.07) is 0.836. The molecule has 0 aromatic carbocycles. The third-order valence-corrected chi connectivity index (χ3v) is 5.00. The van der Waals surface area contributed by atoms with Crippen LogP contribution < -0.4 is 5.32 Å². The zero-order valence-electron chi connectivity index (χ0n) is 11.7. The number of rotatable bonds is 5. The van der Waals surface area contributed by atoms with Crippen LogP contribution in [0, 0.1) is 11.8 Å². The van der Waals surface area contributed by atoms with Crippen molar-refractivity contribution in [3.63, 3.8) is 0 Å². The van der Waals surface area contributed by atoms with Crippen molar-refractivity contribution in [1.82, 2.24) is 5.32 Å². The minimum absolute atomic E-state index is 0.836. The molecular formula is C16H31N. The van der Waals surface area contributed by atoms with Crippen LogP contribution in [-0.4, -0.2) is 12.6 Å². The van der Waals surface area contributed by atoms with E-state index in [1.54, 1.807) is 0 Å². The molecule has 0 amide bonds.